The molecular formula is C9H8BrClN2O3S2. The Kier molecular flexibility index (Phi) is 4.12. The molecule has 0 saturated carbocycles. The summed E-state index contributed by atoms with van der Waals surface area (Å²) in [5.74, 6) is 0.631. The summed E-state index contributed by atoms with van der Waals surface area (Å²) in [4.78, 5) is 0. The summed E-state index contributed by atoms with van der Waals surface area (Å²) >= 11 is 10.0. The number of thiophene rings is 1. The highest BCUT2D eigenvalue weighted by atomic mass is 79.9. The number of aryl methyl sites for hydroxylation is 1. The minimum absolute atomic E-state index is 0.0762. The van der Waals surface area contributed by atoms with Gasteiger partial charge in [0.25, 0.3) is 0 Å². The van der Waals surface area contributed by atoms with E-state index in [9.17, 15) is 8.42 Å². The monoisotopic (exact) mass is 370 g/mol. The van der Waals surface area contributed by atoms with Gasteiger partial charge in [-0.3, -0.25) is 0 Å². The van der Waals surface area contributed by atoms with Crippen molar-refractivity contribution >= 4 is 48.9 Å². The largest absolute Gasteiger partial charge is 0.361 e. The molecule has 0 unspecified atom stereocenters. The molecule has 1 N–H and O–H groups in total. The molecule has 0 aliphatic rings. The molecule has 2 rings (SSSR count). The van der Waals surface area contributed by atoms with Crippen molar-refractivity contribution in [1.82, 2.24) is 9.88 Å². The Bertz CT molecular complexity index is 646. The molecule has 0 aromatic carbocycles. The Morgan fingerprint density at radius 1 is 1.56 bits per heavy atom. The molecule has 2 aromatic rings. The van der Waals surface area contributed by atoms with Gasteiger partial charge in [0.15, 0.2) is 0 Å². The summed E-state index contributed by atoms with van der Waals surface area (Å²) in [5, 5.41) is 4.07. The van der Waals surface area contributed by atoms with E-state index in [2.05, 4.69) is 25.8 Å². The van der Waals surface area contributed by atoms with E-state index < -0.39 is 10.0 Å². The molecule has 0 aliphatic carbocycles. The predicted octanol–water partition coefficient (Wildman–Crippen LogP) is 2.94. The van der Waals surface area contributed by atoms with Crippen LogP contribution in [0.2, 0.25) is 5.02 Å². The van der Waals surface area contributed by atoms with Crippen molar-refractivity contribution in [2.75, 3.05) is 0 Å². The van der Waals surface area contributed by atoms with Crippen LogP contribution < -0.4 is 4.72 Å². The lowest BCUT2D eigenvalue weighted by molar-refractivity contribution is 0.390. The molecule has 0 bridgehead atoms. The standard InChI is InChI=1S/C9H8BrClN2O3S2/c1-5-2-6(13-16-5)4-12-18(14,15)8-3-7(11)9(10)17-8/h2-3,12H,4H2,1H3. The van der Waals surface area contributed by atoms with E-state index in [4.69, 9.17) is 16.1 Å². The smallest absolute Gasteiger partial charge is 0.250 e. The minimum Gasteiger partial charge on any atom is -0.361 e. The molecule has 98 valence electrons. The normalized spacial score (nSPS) is 11.9. The summed E-state index contributed by atoms with van der Waals surface area (Å²) < 4.78 is 31.9. The van der Waals surface area contributed by atoms with Crippen LogP contribution in [0.15, 0.2) is 24.7 Å². The molecule has 5 nitrogen and oxygen atoms in total. The molecular weight excluding hydrogens is 364 g/mol. The molecule has 0 radical (unpaired) electrons. The van der Waals surface area contributed by atoms with Gasteiger partial charge in [0.05, 0.1) is 21.0 Å². The van der Waals surface area contributed by atoms with Crippen LogP contribution in [0.25, 0.3) is 0 Å². The lowest BCUT2D eigenvalue weighted by atomic mass is 10.4. The van der Waals surface area contributed by atoms with Crippen LogP contribution in [-0.4, -0.2) is 13.6 Å². The summed E-state index contributed by atoms with van der Waals surface area (Å²) in [6.45, 7) is 1.81. The van der Waals surface area contributed by atoms with Gasteiger partial charge in [-0.05, 0) is 28.9 Å². The zero-order valence-corrected chi connectivity index (χ0v) is 13.1. The first-order valence-corrected chi connectivity index (χ1v) is 8.22. The Balaban J connectivity index is 2.12. The van der Waals surface area contributed by atoms with Crippen molar-refractivity contribution in [3.8, 4) is 0 Å². The van der Waals surface area contributed by atoms with Crippen molar-refractivity contribution in [3.63, 3.8) is 0 Å². The molecule has 2 heterocycles. The second-order valence-corrected chi connectivity index (χ2v) is 8.21. The molecule has 0 fully saturated rings. The molecule has 9 heteroatoms. The quantitative estimate of drug-likeness (QED) is 0.897. The van der Waals surface area contributed by atoms with Crippen LogP contribution in [0.3, 0.4) is 0 Å². The molecule has 0 aliphatic heterocycles. The molecule has 18 heavy (non-hydrogen) atoms. The van der Waals surface area contributed by atoms with Crippen LogP contribution in [0.4, 0.5) is 0 Å². The Morgan fingerprint density at radius 2 is 2.28 bits per heavy atom. The van der Waals surface area contributed by atoms with Gasteiger partial charge in [-0.25, -0.2) is 13.1 Å². The highest BCUT2D eigenvalue weighted by Gasteiger charge is 2.19. The van der Waals surface area contributed by atoms with Crippen molar-refractivity contribution in [1.29, 1.82) is 0 Å². The number of rotatable bonds is 4. The van der Waals surface area contributed by atoms with Crippen molar-refractivity contribution in [2.24, 2.45) is 0 Å². The van der Waals surface area contributed by atoms with Crippen molar-refractivity contribution in [2.45, 2.75) is 17.7 Å². The van der Waals surface area contributed by atoms with E-state index in [1.54, 1.807) is 13.0 Å². The predicted molar refractivity (Wildman–Crippen MR) is 72.3 cm³/mol. The van der Waals surface area contributed by atoms with E-state index in [0.717, 1.165) is 11.3 Å². The number of halogens is 2. The van der Waals surface area contributed by atoms with Gasteiger partial charge < -0.3 is 4.52 Å². The van der Waals surface area contributed by atoms with Gasteiger partial charge in [-0.2, -0.15) is 0 Å². The van der Waals surface area contributed by atoms with Gasteiger partial charge in [-0.15, -0.1) is 11.3 Å². The maximum absolute atomic E-state index is 11.9. The third kappa shape index (κ3) is 3.12. The van der Waals surface area contributed by atoms with Crippen LogP contribution >= 0.6 is 38.9 Å². The van der Waals surface area contributed by atoms with Gasteiger partial charge in [0, 0.05) is 6.07 Å². The second-order valence-electron chi connectivity index (χ2n) is 3.44. The molecule has 0 spiro atoms. The summed E-state index contributed by atoms with van der Waals surface area (Å²) in [7, 11) is -3.58. The first-order valence-electron chi connectivity index (χ1n) is 4.75. The first-order chi connectivity index (χ1) is 8.38. The second kappa shape index (κ2) is 5.30. The minimum atomic E-state index is -3.58. The zero-order chi connectivity index (χ0) is 13.3. The summed E-state index contributed by atoms with van der Waals surface area (Å²) in [5.41, 5.74) is 0.526. The van der Waals surface area contributed by atoms with Crippen LogP contribution in [0.5, 0.6) is 0 Å². The van der Waals surface area contributed by atoms with E-state index in [1.807, 2.05) is 0 Å². The SMILES string of the molecule is Cc1cc(CNS(=O)(=O)c2cc(Cl)c(Br)s2)no1. The van der Waals surface area contributed by atoms with E-state index in [-0.39, 0.29) is 10.8 Å². The van der Waals surface area contributed by atoms with Crippen molar-refractivity contribution < 1.29 is 12.9 Å². The number of hydrogen-bond donors (Lipinski definition) is 1. The molecule has 0 saturated heterocycles. The van der Waals surface area contributed by atoms with E-state index >= 15 is 0 Å². The fourth-order valence-electron chi connectivity index (χ4n) is 1.20. The first kappa shape index (κ1) is 14.0. The lowest BCUT2D eigenvalue weighted by Gasteiger charge is -2.01. The molecule has 0 amide bonds. The summed E-state index contributed by atoms with van der Waals surface area (Å²) in [6.07, 6.45) is 0. The van der Waals surface area contributed by atoms with Gasteiger partial charge >= 0.3 is 0 Å². The summed E-state index contributed by atoms with van der Waals surface area (Å²) in [6, 6.07) is 3.06. The maximum Gasteiger partial charge on any atom is 0.250 e. The van der Waals surface area contributed by atoms with E-state index in [1.165, 1.54) is 6.07 Å². The third-order valence-electron chi connectivity index (χ3n) is 2.01. The highest BCUT2D eigenvalue weighted by molar-refractivity contribution is 9.11. The Hall–Kier alpha value is -0.410. The average Bonchev–Trinajstić information content (AvgIpc) is 2.84. The number of hydrogen-bond acceptors (Lipinski definition) is 5. The van der Waals surface area contributed by atoms with Crippen molar-refractivity contribution in [3.05, 3.63) is 32.4 Å². The zero-order valence-electron chi connectivity index (χ0n) is 9.11. The highest BCUT2D eigenvalue weighted by Crippen LogP contribution is 2.34. The van der Waals surface area contributed by atoms with Crippen LogP contribution in [0.1, 0.15) is 11.5 Å². The number of aromatic nitrogens is 1. The van der Waals surface area contributed by atoms with Crippen LogP contribution in [0, 0.1) is 6.92 Å². The number of nitrogens with zero attached hydrogens (tertiary/aromatic N) is 1. The number of nitrogens with one attached hydrogen (secondary N) is 1. The van der Waals surface area contributed by atoms with Crippen LogP contribution in [-0.2, 0) is 16.6 Å². The molecule has 2 aromatic heterocycles. The maximum atomic E-state index is 11.9. The van der Waals surface area contributed by atoms with Gasteiger partial charge in [0.1, 0.15) is 9.97 Å². The third-order valence-corrected chi connectivity index (χ3v) is 6.36. The fraction of sp³-hybridized carbons (Fsp3) is 0.222. The van der Waals surface area contributed by atoms with Gasteiger partial charge in [-0.1, -0.05) is 16.8 Å². The topological polar surface area (TPSA) is 72.2 Å². The van der Waals surface area contributed by atoms with Gasteiger partial charge in [0.2, 0.25) is 10.0 Å². The average molecular weight is 372 g/mol. The molecule has 0 atom stereocenters. The fourth-order valence-corrected chi connectivity index (χ4v) is 4.64. The number of sulfonamides is 1. The Labute approximate surface area is 121 Å². The lowest BCUT2D eigenvalue weighted by Crippen LogP contribution is -2.22. The Morgan fingerprint density at radius 3 is 2.78 bits per heavy atom. The van der Waals surface area contributed by atoms with E-state index in [0.29, 0.717) is 20.3 Å².